The van der Waals surface area contributed by atoms with Crippen LogP contribution in [0.2, 0.25) is 0 Å². The lowest BCUT2D eigenvalue weighted by molar-refractivity contribution is -0.138. The predicted octanol–water partition coefficient (Wildman–Crippen LogP) is 0.917. The van der Waals surface area contributed by atoms with E-state index in [-0.39, 0.29) is 16.7 Å². The van der Waals surface area contributed by atoms with Gasteiger partial charge >= 0.3 is 11.9 Å². The highest BCUT2D eigenvalue weighted by atomic mass is 19.1. The van der Waals surface area contributed by atoms with Crippen molar-refractivity contribution in [3.05, 3.63) is 34.6 Å². The summed E-state index contributed by atoms with van der Waals surface area (Å²) in [5.74, 6) is -3.46. The molecule has 0 saturated carbocycles. The fraction of sp³-hybridized carbons (Fsp3) is 0.200. The van der Waals surface area contributed by atoms with E-state index in [4.69, 9.17) is 15.9 Å². The molecule has 0 radical (unpaired) electrons. The highest BCUT2D eigenvalue weighted by Crippen LogP contribution is 2.19. The van der Waals surface area contributed by atoms with E-state index in [1.165, 1.54) is 6.92 Å². The molecule has 1 rings (SSSR count). The molecule has 86 valence electrons. The Hall–Kier alpha value is -1.95. The molecule has 0 aliphatic heterocycles. The first-order valence-electron chi connectivity index (χ1n) is 4.36. The molecular formula is C10H10FNO4. The summed E-state index contributed by atoms with van der Waals surface area (Å²) < 4.78 is 13.3. The van der Waals surface area contributed by atoms with E-state index in [1.54, 1.807) is 0 Å². The molecule has 4 N–H and O–H groups in total. The second-order valence-corrected chi connectivity index (χ2v) is 3.30. The molecule has 0 aliphatic rings. The first kappa shape index (κ1) is 12.1. The van der Waals surface area contributed by atoms with Gasteiger partial charge in [0.15, 0.2) is 0 Å². The van der Waals surface area contributed by atoms with Crippen molar-refractivity contribution in [2.24, 2.45) is 5.73 Å². The van der Waals surface area contributed by atoms with Gasteiger partial charge in [-0.15, -0.1) is 0 Å². The number of aliphatic carboxylic acids is 1. The van der Waals surface area contributed by atoms with Crippen molar-refractivity contribution in [1.82, 2.24) is 0 Å². The number of halogens is 1. The minimum absolute atomic E-state index is 0.0474. The zero-order chi connectivity index (χ0) is 12.5. The Morgan fingerprint density at radius 2 is 1.94 bits per heavy atom. The van der Waals surface area contributed by atoms with Gasteiger partial charge in [0.2, 0.25) is 0 Å². The first-order valence-corrected chi connectivity index (χ1v) is 4.36. The second-order valence-electron chi connectivity index (χ2n) is 3.30. The van der Waals surface area contributed by atoms with E-state index in [0.717, 1.165) is 12.1 Å². The molecule has 0 bridgehead atoms. The summed E-state index contributed by atoms with van der Waals surface area (Å²) in [6.07, 6.45) is 0. The normalized spacial score (nSPS) is 12.2. The third-order valence-electron chi connectivity index (χ3n) is 2.22. The topological polar surface area (TPSA) is 101 Å². The molecule has 0 fully saturated rings. The van der Waals surface area contributed by atoms with E-state index in [9.17, 15) is 14.0 Å². The largest absolute Gasteiger partial charge is 0.480 e. The Morgan fingerprint density at radius 1 is 1.38 bits per heavy atom. The maximum Gasteiger partial charge on any atom is 0.336 e. The Bertz CT molecular complexity index is 458. The summed E-state index contributed by atoms with van der Waals surface area (Å²) in [7, 11) is 0. The smallest absolute Gasteiger partial charge is 0.336 e. The maximum absolute atomic E-state index is 13.3. The van der Waals surface area contributed by atoms with Gasteiger partial charge in [-0.2, -0.15) is 0 Å². The van der Waals surface area contributed by atoms with Crippen molar-refractivity contribution in [3.63, 3.8) is 0 Å². The number of aromatic carboxylic acids is 1. The molecule has 0 saturated heterocycles. The van der Waals surface area contributed by atoms with Gasteiger partial charge in [-0.3, -0.25) is 4.79 Å². The number of hydrogen-bond donors (Lipinski definition) is 3. The van der Waals surface area contributed by atoms with Crippen molar-refractivity contribution in [2.75, 3.05) is 0 Å². The average molecular weight is 227 g/mol. The van der Waals surface area contributed by atoms with Crippen LogP contribution in [0.15, 0.2) is 12.1 Å². The third kappa shape index (κ3) is 2.17. The standard InChI is InChI=1S/C10H10FNO4/c1-4-6(9(13)14)2-5(3-7(4)11)8(12)10(15)16/h2-3,8H,12H2,1H3,(H,13,14)(H,15,16). The monoisotopic (exact) mass is 227 g/mol. The van der Waals surface area contributed by atoms with Gasteiger partial charge in [-0.25, -0.2) is 9.18 Å². The van der Waals surface area contributed by atoms with Crippen molar-refractivity contribution in [3.8, 4) is 0 Å². The van der Waals surface area contributed by atoms with Crippen LogP contribution in [0.3, 0.4) is 0 Å². The highest BCUT2D eigenvalue weighted by Gasteiger charge is 2.19. The number of carboxylic acids is 2. The van der Waals surface area contributed by atoms with E-state index in [1.807, 2.05) is 0 Å². The lowest BCUT2D eigenvalue weighted by Crippen LogP contribution is -2.21. The molecule has 0 aromatic heterocycles. The van der Waals surface area contributed by atoms with Gasteiger partial charge in [-0.05, 0) is 30.2 Å². The average Bonchev–Trinajstić information content (AvgIpc) is 2.20. The van der Waals surface area contributed by atoms with E-state index >= 15 is 0 Å². The molecule has 6 heteroatoms. The minimum Gasteiger partial charge on any atom is -0.480 e. The van der Waals surface area contributed by atoms with Crippen molar-refractivity contribution in [2.45, 2.75) is 13.0 Å². The number of benzene rings is 1. The van der Waals surface area contributed by atoms with Gasteiger partial charge < -0.3 is 15.9 Å². The quantitative estimate of drug-likeness (QED) is 0.712. The maximum atomic E-state index is 13.3. The summed E-state index contributed by atoms with van der Waals surface area (Å²) in [6.45, 7) is 1.30. The minimum atomic E-state index is -1.44. The molecule has 5 nitrogen and oxygen atoms in total. The molecule has 1 aromatic carbocycles. The van der Waals surface area contributed by atoms with Crippen LogP contribution >= 0.6 is 0 Å². The number of carbonyl (C=O) groups is 2. The molecule has 0 aliphatic carbocycles. The summed E-state index contributed by atoms with van der Waals surface area (Å²) in [5, 5.41) is 17.4. The fourth-order valence-corrected chi connectivity index (χ4v) is 1.24. The van der Waals surface area contributed by atoms with Gasteiger partial charge in [0.25, 0.3) is 0 Å². The summed E-state index contributed by atoms with van der Waals surface area (Å²) in [6, 6.07) is 0.563. The zero-order valence-corrected chi connectivity index (χ0v) is 8.40. The SMILES string of the molecule is Cc1c(F)cc(C(N)C(=O)O)cc1C(=O)O. The number of rotatable bonds is 3. The van der Waals surface area contributed by atoms with Crippen LogP contribution in [-0.4, -0.2) is 22.2 Å². The molecular weight excluding hydrogens is 217 g/mol. The van der Waals surface area contributed by atoms with E-state index in [2.05, 4.69) is 0 Å². The molecule has 1 unspecified atom stereocenters. The Kier molecular flexibility index (Phi) is 3.24. The molecule has 16 heavy (non-hydrogen) atoms. The fourth-order valence-electron chi connectivity index (χ4n) is 1.24. The third-order valence-corrected chi connectivity index (χ3v) is 2.22. The van der Waals surface area contributed by atoms with Gasteiger partial charge in [-0.1, -0.05) is 0 Å². The molecule has 0 heterocycles. The summed E-state index contributed by atoms with van der Waals surface area (Å²) in [5.41, 5.74) is 4.86. The molecule has 0 amide bonds. The highest BCUT2D eigenvalue weighted by molar-refractivity contribution is 5.90. The van der Waals surface area contributed by atoms with Crippen molar-refractivity contribution in [1.29, 1.82) is 0 Å². The van der Waals surface area contributed by atoms with Gasteiger partial charge in [0.05, 0.1) is 5.56 Å². The van der Waals surface area contributed by atoms with Crippen LogP contribution in [0.4, 0.5) is 4.39 Å². The number of carboxylic acid groups (broad SMARTS) is 2. The first-order chi connectivity index (χ1) is 7.34. The van der Waals surface area contributed by atoms with Crippen LogP contribution < -0.4 is 5.73 Å². The summed E-state index contributed by atoms with van der Waals surface area (Å²) >= 11 is 0. The van der Waals surface area contributed by atoms with Crippen molar-refractivity contribution < 1.29 is 24.2 Å². The lowest BCUT2D eigenvalue weighted by Gasteiger charge is -2.10. The lowest BCUT2D eigenvalue weighted by atomic mass is 10.00. The molecule has 0 spiro atoms. The van der Waals surface area contributed by atoms with Crippen LogP contribution in [0, 0.1) is 12.7 Å². The number of hydrogen-bond acceptors (Lipinski definition) is 3. The van der Waals surface area contributed by atoms with Crippen LogP contribution in [-0.2, 0) is 4.79 Å². The van der Waals surface area contributed by atoms with Crippen LogP contribution in [0.5, 0.6) is 0 Å². The van der Waals surface area contributed by atoms with Gasteiger partial charge in [0.1, 0.15) is 11.9 Å². The van der Waals surface area contributed by atoms with Gasteiger partial charge in [0, 0.05) is 0 Å². The zero-order valence-electron chi connectivity index (χ0n) is 8.40. The predicted molar refractivity (Wildman–Crippen MR) is 52.7 cm³/mol. The van der Waals surface area contributed by atoms with Crippen LogP contribution in [0.25, 0.3) is 0 Å². The number of nitrogens with two attached hydrogens (primary N) is 1. The van der Waals surface area contributed by atoms with E-state index in [0.29, 0.717) is 0 Å². The van der Waals surface area contributed by atoms with Crippen molar-refractivity contribution >= 4 is 11.9 Å². The Morgan fingerprint density at radius 3 is 2.38 bits per heavy atom. The summed E-state index contributed by atoms with van der Waals surface area (Å²) in [4.78, 5) is 21.3. The molecule has 1 aromatic rings. The second kappa shape index (κ2) is 4.28. The van der Waals surface area contributed by atoms with E-state index < -0.39 is 23.8 Å². The Labute approximate surface area is 90.3 Å². The van der Waals surface area contributed by atoms with Crippen LogP contribution in [0.1, 0.15) is 27.5 Å². The molecule has 1 atom stereocenters. The Balaban J connectivity index is 3.34.